The van der Waals surface area contributed by atoms with Gasteiger partial charge in [0.2, 0.25) is 0 Å². The number of carbonyl (C=O) groups excluding carboxylic acids is 1. The maximum atomic E-state index is 14.3. The van der Waals surface area contributed by atoms with Gasteiger partial charge in [-0.2, -0.15) is 0 Å². The quantitative estimate of drug-likeness (QED) is 0.465. The summed E-state index contributed by atoms with van der Waals surface area (Å²) in [5.41, 5.74) is 2.08. The van der Waals surface area contributed by atoms with E-state index in [1.807, 2.05) is 36.4 Å². The van der Waals surface area contributed by atoms with Crippen LogP contribution in [0.25, 0.3) is 0 Å². The lowest BCUT2D eigenvalue weighted by Gasteiger charge is -2.06. The first kappa shape index (κ1) is 15.5. The van der Waals surface area contributed by atoms with Crippen molar-refractivity contribution in [2.24, 2.45) is 0 Å². The molecule has 0 aliphatic rings. The molecule has 0 amide bonds. The van der Waals surface area contributed by atoms with Crippen molar-refractivity contribution in [1.29, 1.82) is 0 Å². The van der Waals surface area contributed by atoms with Crippen molar-refractivity contribution in [1.82, 2.24) is 0 Å². The Bertz CT molecular complexity index is 800. The lowest BCUT2D eigenvalue weighted by molar-refractivity contribution is 0.103. The third kappa shape index (κ3) is 3.88. The standard InChI is InChI=1S/C20H15FOS/c21-18-13-17(20(22)16-9-5-2-6-10-16)11-12-19(18)23-14-15-7-3-1-4-8-15/h1-13H,14H2. The monoisotopic (exact) mass is 322 g/mol. The molecule has 0 saturated carbocycles. The second kappa shape index (κ2) is 7.25. The van der Waals surface area contributed by atoms with E-state index in [2.05, 4.69) is 0 Å². The molecule has 0 aliphatic carbocycles. The zero-order valence-corrected chi connectivity index (χ0v) is 13.2. The van der Waals surface area contributed by atoms with Gasteiger partial charge >= 0.3 is 0 Å². The van der Waals surface area contributed by atoms with Crippen molar-refractivity contribution >= 4 is 17.5 Å². The number of benzene rings is 3. The summed E-state index contributed by atoms with van der Waals surface area (Å²) in [6.07, 6.45) is 0. The number of ketones is 1. The van der Waals surface area contributed by atoms with Crippen LogP contribution in [-0.2, 0) is 5.75 Å². The van der Waals surface area contributed by atoms with Crippen LogP contribution >= 0.6 is 11.8 Å². The zero-order chi connectivity index (χ0) is 16.1. The lowest BCUT2D eigenvalue weighted by Crippen LogP contribution is -2.01. The van der Waals surface area contributed by atoms with Gasteiger partial charge in [-0.05, 0) is 23.8 Å². The molecule has 3 aromatic rings. The Morgan fingerprint density at radius 3 is 2.13 bits per heavy atom. The predicted molar refractivity (Wildman–Crippen MR) is 92.3 cm³/mol. The van der Waals surface area contributed by atoms with Crippen molar-refractivity contribution in [3.63, 3.8) is 0 Å². The van der Waals surface area contributed by atoms with E-state index in [-0.39, 0.29) is 11.6 Å². The van der Waals surface area contributed by atoms with Crippen LogP contribution in [0.4, 0.5) is 4.39 Å². The van der Waals surface area contributed by atoms with E-state index in [0.29, 0.717) is 21.8 Å². The highest BCUT2D eigenvalue weighted by Gasteiger charge is 2.12. The normalized spacial score (nSPS) is 10.5. The minimum absolute atomic E-state index is 0.163. The molecule has 3 rings (SSSR count). The van der Waals surface area contributed by atoms with E-state index in [9.17, 15) is 9.18 Å². The Hall–Kier alpha value is -2.39. The fraction of sp³-hybridized carbons (Fsp3) is 0.0500. The van der Waals surface area contributed by atoms with Gasteiger partial charge in [0.05, 0.1) is 0 Å². The summed E-state index contributed by atoms with van der Waals surface area (Å²) in [6.45, 7) is 0. The summed E-state index contributed by atoms with van der Waals surface area (Å²) >= 11 is 1.43. The topological polar surface area (TPSA) is 17.1 Å². The first-order chi connectivity index (χ1) is 11.2. The van der Waals surface area contributed by atoms with Gasteiger partial charge in [0.25, 0.3) is 0 Å². The van der Waals surface area contributed by atoms with E-state index in [1.165, 1.54) is 17.8 Å². The predicted octanol–water partition coefficient (Wildman–Crippen LogP) is 5.35. The lowest BCUT2D eigenvalue weighted by atomic mass is 10.0. The number of halogens is 1. The minimum Gasteiger partial charge on any atom is -0.289 e. The SMILES string of the molecule is O=C(c1ccccc1)c1ccc(SCc2ccccc2)c(F)c1. The number of hydrogen-bond donors (Lipinski definition) is 0. The van der Waals surface area contributed by atoms with Gasteiger partial charge in [0.15, 0.2) is 5.78 Å². The van der Waals surface area contributed by atoms with Gasteiger partial charge in [0, 0.05) is 21.8 Å². The molecule has 0 atom stereocenters. The van der Waals surface area contributed by atoms with Gasteiger partial charge in [-0.3, -0.25) is 4.79 Å². The Balaban J connectivity index is 1.74. The van der Waals surface area contributed by atoms with Gasteiger partial charge < -0.3 is 0 Å². The molecule has 1 nitrogen and oxygen atoms in total. The first-order valence-corrected chi connectivity index (χ1v) is 8.28. The molecular weight excluding hydrogens is 307 g/mol. The third-order valence-electron chi connectivity index (χ3n) is 3.47. The second-order valence-corrected chi connectivity index (χ2v) is 6.13. The molecule has 3 heteroatoms. The Morgan fingerprint density at radius 1 is 0.826 bits per heavy atom. The van der Waals surface area contributed by atoms with Crippen LogP contribution in [0.2, 0.25) is 0 Å². The smallest absolute Gasteiger partial charge is 0.193 e. The van der Waals surface area contributed by atoms with Gasteiger partial charge in [-0.15, -0.1) is 11.8 Å². The maximum absolute atomic E-state index is 14.3. The van der Waals surface area contributed by atoms with E-state index in [0.717, 1.165) is 5.56 Å². The van der Waals surface area contributed by atoms with Crippen LogP contribution in [0.3, 0.4) is 0 Å². The molecule has 0 heterocycles. The van der Waals surface area contributed by atoms with Crippen molar-refractivity contribution < 1.29 is 9.18 Å². The molecule has 0 radical (unpaired) electrons. The molecule has 0 spiro atoms. The number of thioether (sulfide) groups is 1. The van der Waals surface area contributed by atoms with Gasteiger partial charge in [0.1, 0.15) is 5.82 Å². The van der Waals surface area contributed by atoms with Crippen molar-refractivity contribution in [2.75, 3.05) is 0 Å². The van der Waals surface area contributed by atoms with Crippen molar-refractivity contribution in [3.05, 3.63) is 101 Å². The molecule has 0 fully saturated rings. The molecular formula is C20H15FOS. The van der Waals surface area contributed by atoms with E-state index in [1.54, 1.807) is 36.4 Å². The molecule has 23 heavy (non-hydrogen) atoms. The maximum Gasteiger partial charge on any atom is 0.193 e. The largest absolute Gasteiger partial charge is 0.289 e. The number of hydrogen-bond acceptors (Lipinski definition) is 2. The molecule has 0 unspecified atom stereocenters. The number of rotatable bonds is 5. The van der Waals surface area contributed by atoms with Crippen LogP contribution in [0.15, 0.2) is 83.8 Å². The van der Waals surface area contributed by atoms with E-state index < -0.39 is 0 Å². The van der Waals surface area contributed by atoms with Crippen LogP contribution in [0, 0.1) is 5.82 Å². The van der Waals surface area contributed by atoms with Crippen LogP contribution in [0.1, 0.15) is 21.5 Å². The summed E-state index contributed by atoms with van der Waals surface area (Å²) in [5, 5.41) is 0. The highest BCUT2D eigenvalue weighted by atomic mass is 32.2. The van der Waals surface area contributed by atoms with Crippen LogP contribution < -0.4 is 0 Å². The molecule has 0 bridgehead atoms. The average Bonchev–Trinajstić information content (AvgIpc) is 2.61. The molecule has 0 saturated heterocycles. The summed E-state index contributed by atoms with van der Waals surface area (Å²) < 4.78 is 14.3. The fourth-order valence-corrected chi connectivity index (χ4v) is 3.13. The van der Waals surface area contributed by atoms with Crippen LogP contribution in [0.5, 0.6) is 0 Å². The average molecular weight is 322 g/mol. The number of carbonyl (C=O) groups is 1. The Labute approximate surface area is 139 Å². The fourth-order valence-electron chi connectivity index (χ4n) is 2.25. The molecule has 0 N–H and O–H groups in total. The Morgan fingerprint density at radius 2 is 1.48 bits per heavy atom. The summed E-state index contributed by atoms with van der Waals surface area (Å²) in [5.74, 6) is 0.181. The molecule has 0 aromatic heterocycles. The minimum atomic E-state index is -0.354. The zero-order valence-electron chi connectivity index (χ0n) is 12.4. The molecule has 114 valence electrons. The van der Waals surface area contributed by atoms with E-state index >= 15 is 0 Å². The molecule has 0 aliphatic heterocycles. The molecule has 3 aromatic carbocycles. The van der Waals surface area contributed by atoms with Crippen molar-refractivity contribution in [2.45, 2.75) is 10.6 Å². The van der Waals surface area contributed by atoms with Crippen molar-refractivity contribution in [3.8, 4) is 0 Å². The van der Waals surface area contributed by atoms with Gasteiger partial charge in [-0.1, -0.05) is 60.7 Å². The summed E-state index contributed by atoms with van der Waals surface area (Å²) in [6, 6.07) is 23.5. The second-order valence-electron chi connectivity index (χ2n) is 5.11. The van der Waals surface area contributed by atoms with E-state index in [4.69, 9.17) is 0 Å². The third-order valence-corrected chi connectivity index (χ3v) is 4.59. The first-order valence-electron chi connectivity index (χ1n) is 7.30. The Kier molecular flexibility index (Phi) is 4.89. The highest BCUT2D eigenvalue weighted by Crippen LogP contribution is 2.26. The van der Waals surface area contributed by atoms with Crippen LogP contribution in [-0.4, -0.2) is 5.78 Å². The summed E-state index contributed by atoms with van der Waals surface area (Å²) in [4.78, 5) is 12.9. The van der Waals surface area contributed by atoms with Gasteiger partial charge in [-0.25, -0.2) is 4.39 Å². The highest BCUT2D eigenvalue weighted by molar-refractivity contribution is 7.98. The summed E-state index contributed by atoms with van der Waals surface area (Å²) in [7, 11) is 0.